The predicted molar refractivity (Wildman–Crippen MR) is 230 cm³/mol. The first kappa shape index (κ1) is 42.9. The number of aliphatic hydroxyl groups is 2. The molecule has 0 saturated heterocycles. The number of amides is 1. The maximum absolute atomic E-state index is 14.3. The fraction of sp³-hybridized carbons (Fsp3) is 0.429. The van der Waals surface area contributed by atoms with Crippen LogP contribution in [-0.4, -0.2) is 71.8 Å². The number of aliphatic hydroxyl groups excluding tert-OH is 2. The Hall–Kier alpha value is -5.23. The number of ether oxygens (including phenoxy) is 4. The van der Waals surface area contributed by atoms with Gasteiger partial charge in [-0.2, -0.15) is 0 Å². The normalized spacial score (nSPS) is 23.5. The van der Waals surface area contributed by atoms with Crippen LogP contribution in [-0.2, 0) is 20.9 Å². The molecule has 0 spiro atoms. The highest BCUT2D eigenvalue weighted by Gasteiger charge is 2.65. The molecule has 6 atom stereocenters. The van der Waals surface area contributed by atoms with E-state index in [0.29, 0.717) is 48.0 Å². The van der Waals surface area contributed by atoms with Crippen molar-refractivity contribution in [1.29, 1.82) is 0 Å². The van der Waals surface area contributed by atoms with Crippen molar-refractivity contribution in [1.82, 2.24) is 4.90 Å². The number of carbonyl (C=O) groups excluding carboxylic acids is 1. The number of benzene rings is 4. The Balaban J connectivity index is 1.44. The maximum Gasteiger partial charge on any atom is 0.410 e. The van der Waals surface area contributed by atoms with Gasteiger partial charge in [0.1, 0.15) is 35.7 Å². The number of rotatable bonds is 19. The van der Waals surface area contributed by atoms with E-state index in [0.717, 1.165) is 47.6 Å². The number of oxime groups is 1. The number of fused-ring (bicyclic) bond motifs is 3. The summed E-state index contributed by atoms with van der Waals surface area (Å²) in [6.07, 6.45) is 8.18. The fourth-order valence-corrected chi connectivity index (χ4v) is 9.52. The van der Waals surface area contributed by atoms with Gasteiger partial charge < -0.3 is 34.0 Å². The molecule has 2 aliphatic carbocycles. The number of hydrogen-bond donors (Lipinski definition) is 2. The van der Waals surface area contributed by atoms with E-state index < -0.39 is 23.8 Å². The standard InChI is InChI=1S/C49H57FN2O8/c1-4-27-57-49-45(52(48(55)56-5-2)32-33-17-20-37(50)21-18-33)31-43(51-58-6-3)41-29-36(15-9-11-25-53)40(16-10-12-26-54)46(47(41)49)42-30-39(23-24-44(42)60-49)59-38-22-19-34-13-7-8-14-35(34)28-38/h4,7-8,13-14,17-24,28-30,36,40,45-47,53-54H,1,5-6,9-12,15-16,25-27,31-32H2,2-3H3. The van der Waals surface area contributed by atoms with Crippen molar-refractivity contribution >= 4 is 22.6 Å². The smallest absolute Gasteiger partial charge is 0.410 e. The van der Waals surface area contributed by atoms with Gasteiger partial charge in [-0.05, 0) is 116 Å². The van der Waals surface area contributed by atoms with Gasteiger partial charge in [-0.15, -0.1) is 6.58 Å². The molecule has 4 aromatic carbocycles. The van der Waals surface area contributed by atoms with E-state index in [9.17, 15) is 19.4 Å². The molecule has 318 valence electrons. The van der Waals surface area contributed by atoms with Crippen LogP contribution in [0, 0.1) is 23.6 Å². The summed E-state index contributed by atoms with van der Waals surface area (Å²) in [5.41, 5.74) is 3.25. The Morgan fingerprint density at radius 2 is 1.67 bits per heavy atom. The van der Waals surface area contributed by atoms with Crippen molar-refractivity contribution in [3.8, 4) is 17.2 Å². The van der Waals surface area contributed by atoms with Crippen molar-refractivity contribution in [3.05, 3.63) is 126 Å². The molecule has 10 nitrogen and oxygen atoms in total. The number of halogens is 1. The molecule has 4 aromatic rings. The lowest BCUT2D eigenvalue weighted by molar-refractivity contribution is -0.256. The zero-order chi connectivity index (χ0) is 42.1. The highest BCUT2D eigenvalue weighted by Crippen LogP contribution is 2.62. The zero-order valence-corrected chi connectivity index (χ0v) is 34.6. The largest absolute Gasteiger partial charge is 0.459 e. The second kappa shape index (κ2) is 19.9. The van der Waals surface area contributed by atoms with E-state index in [4.69, 9.17) is 28.9 Å². The zero-order valence-electron chi connectivity index (χ0n) is 34.6. The van der Waals surface area contributed by atoms with Crippen LogP contribution in [0.25, 0.3) is 10.8 Å². The Morgan fingerprint density at radius 1 is 0.933 bits per heavy atom. The van der Waals surface area contributed by atoms with Gasteiger partial charge in [-0.25, -0.2) is 9.18 Å². The average Bonchev–Trinajstić information content (AvgIpc) is 3.26. The Kier molecular flexibility index (Phi) is 14.2. The molecule has 1 aliphatic heterocycles. The minimum atomic E-state index is -1.47. The van der Waals surface area contributed by atoms with Crippen LogP contribution < -0.4 is 9.47 Å². The van der Waals surface area contributed by atoms with Gasteiger partial charge >= 0.3 is 6.09 Å². The summed E-state index contributed by atoms with van der Waals surface area (Å²) in [6, 6.07) is 25.4. The second-order valence-electron chi connectivity index (χ2n) is 15.8. The van der Waals surface area contributed by atoms with Gasteiger partial charge in [0.25, 0.3) is 0 Å². The number of nitrogens with zero attached hydrogens (tertiary/aromatic N) is 2. The summed E-state index contributed by atoms with van der Waals surface area (Å²) in [7, 11) is 0. The lowest BCUT2D eigenvalue weighted by Gasteiger charge is -2.59. The van der Waals surface area contributed by atoms with Crippen molar-refractivity contribution < 1.29 is 43.2 Å². The second-order valence-corrected chi connectivity index (χ2v) is 15.8. The van der Waals surface area contributed by atoms with E-state index >= 15 is 0 Å². The van der Waals surface area contributed by atoms with Crippen LogP contribution in [0.15, 0.2) is 114 Å². The van der Waals surface area contributed by atoms with Crippen molar-refractivity contribution in [2.24, 2.45) is 22.9 Å². The van der Waals surface area contributed by atoms with Crippen LogP contribution in [0.2, 0.25) is 0 Å². The lowest BCUT2D eigenvalue weighted by Crippen LogP contribution is -2.70. The fourth-order valence-electron chi connectivity index (χ4n) is 9.52. The maximum atomic E-state index is 14.3. The highest BCUT2D eigenvalue weighted by atomic mass is 19.1. The highest BCUT2D eigenvalue weighted by molar-refractivity contribution is 6.03. The van der Waals surface area contributed by atoms with Gasteiger partial charge in [0.15, 0.2) is 0 Å². The predicted octanol–water partition coefficient (Wildman–Crippen LogP) is 10.1. The number of unbranched alkanes of at least 4 members (excludes halogenated alkanes) is 2. The molecule has 0 aromatic heterocycles. The third kappa shape index (κ3) is 9.08. The molecule has 60 heavy (non-hydrogen) atoms. The third-order valence-electron chi connectivity index (χ3n) is 12.0. The summed E-state index contributed by atoms with van der Waals surface area (Å²) in [4.78, 5) is 21.8. The van der Waals surface area contributed by atoms with Gasteiger partial charge in [0, 0.05) is 37.7 Å². The van der Waals surface area contributed by atoms with Crippen LogP contribution in [0.3, 0.4) is 0 Å². The minimum Gasteiger partial charge on any atom is -0.459 e. The third-order valence-corrected chi connectivity index (χ3v) is 12.0. The molecular weight excluding hydrogens is 764 g/mol. The van der Waals surface area contributed by atoms with Gasteiger partial charge in [0.2, 0.25) is 5.79 Å². The molecule has 2 N–H and O–H groups in total. The van der Waals surface area contributed by atoms with E-state index in [1.54, 1.807) is 30.0 Å². The van der Waals surface area contributed by atoms with Crippen LogP contribution in [0.5, 0.6) is 17.2 Å². The number of hydrogen-bond acceptors (Lipinski definition) is 9. The minimum absolute atomic E-state index is 0.0366. The van der Waals surface area contributed by atoms with E-state index in [-0.39, 0.29) is 63.0 Å². The van der Waals surface area contributed by atoms with Gasteiger partial charge in [-0.3, -0.25) is 4.90 Å². The van der Waals surface area contributed by atoms with Gasteiger partial charge in [0.05, 0.1) is 24.8 Å². The molecule has 11 heteroatoms. The average molecular weight is 821 g/mol. The summed E-state index contributed by atoms with van der Waals surface area (Å²) in [5, 5.41) is 26.8. The molecule has 6 unspecified atom stereocenters. The van der Waals surface area contributed by atoms with Crippen molar-refractivity contribution in [2.45, 2.75) is 83.1 Å². The number of carbonyl (C=O) groups is 1. The molecule has 3 aliphatic rings. The molecule has 7 rings (SSSR count). The first-order valence-electron chi connectivity index (χ1n) is 21.4. The van der Waals surface area contributed by atoms with E-state index in [2.05, 4.69) is 30.9 Å². The van der Waals surface area contributed by atoms with Crippen LogP contribution >= 0.6 is 0 Å². The summed E-state index contributed by atoms with van der Waals surface area (Å²) in [6.45, 7) is 8.51. The van der Waals surface area contributed by atoms with E-state index in [1.165, 1.54) is 12.1 Å². The van der Waals surface area contributed by atoms with Crippen molar-refractivity contribution in [3.63, 3.8) is 0 Å². The first-order chi connectivity index (χ1) is 29.3. The SMILES string of the molecule is C=CCOC12Oc3ccc(Oc4ccc5ccccc5c4)cc3C3C(CCCCO)C(CCCCO)C=C(C(=NOCC)CC1N(Cc1ccc(F)cc1)C(=O)OCC)C32. The van der Waals surface area contributed by atoms with Crippen LogP contribution in [0.1, 0.15) is 75.8 Å². The Morgan fingerprint density at radius 3 is 2.40 bits per heavy atom. The molecule has 1 heterocycles. The lowest BCUT2D eigenvalue weighted by atomic mass is 9.55. The quantitative estimate of drug-likeness (QED) is 0.0545. The van der Waals surface area contributed by atoms with Crippen molar-refractivity contribution in [2.75, 3.05) is 33.0 Å². The van der Waals surface area contributed by atoms with Gasteiger partial charge in [-0.1, -0.05) is 72.6 Å². The number of allylic oxidation sites excluding steroid dienone is 1. The summed E-state index contributed by atoms with van der Waals surface area (Å²) < 4.78 is 40.9. The monoisotopic (exact) mass is 820 g/mol. The van der Waals surface area contributed by atoms with Crippen LogP contribution in [0.4, 0.5) is 9.18 Å². The molecule has 0 radical (unpaired) electrons. The Labute approximate surface area is 352 Å². The first-order valence-corrected chi connectivity index (χ1v) is 21.4. The molecule has 1 amide bonds. The summed E-state index contributed by atoms with van der Waals surface area (Å²) >= 11 is 0. The van der Waals surface area contributed by atoms with E-state index in [1.807, 2.05) is 49.4 Å². The Bertz CT molecular complexity index is 2160. The molecular formula is C49H57FN2O8. The molecule has 1 fully saturated rings. The molecule has 1 saturated carbocycles. The molecule has 0 bridgehead atoms. The topological polar surface area (TPSA) is 119 Å². The summed E-state index contributed by atoms with van der Waals surface area (Å²) in [5.74, 6) is -0.524.